The minimum atomic E-state index is -0.0353. The molecular weight excluding hydrogens is 344 g/mol. The van der Waals surface area contributed by atoms with Crippen molar-refractivity contribution in [3.8, 4) is 5.75 Å². The van der Waals surface area contributed by atoms with E-state index in [4.69, 9.17) is 4.74 Å². The van der Waals surface area contributed by atoms with Gasteiger partial charge in [0.2, 0.25) is 0 Å². The standard InChI is InChI=1S/C21H22N2O2S/c1-25-19-10-5-9-17(15-19)11-12-20(24)23-13-6-14-26-21(23)22-16-18-7-3-2-4-8-18/h2-5,7-12,15H,6,13-14,16H2,1H3. The molecule has 0 spiro atoms. The molecule has 0 N–H and O–H groups in total. The summed E-state index contributed by atoms with van der Waals surface area (Å²) in [7, 11) is 1.63. The average Bonchev–Trinajstić information content (AvgIpc) is 2.71. The highest BCUT2D eigenvalue weighted by Crippen LogP contribution is 2.20. The third kappa shape index (κ3) is 4.99. The molecule has 4 nitrogen and oxygen atoms in total. The lowest BCUT2D eigenvalue weighted by atomic mass is 10.2. The van der Waals surface area contributed by atoms with E-state index in [9.17, 15) is 4.79 Å². The summed E-state index contributed by atoms with van der Waals surface area (Å²) in [4.78, 5) is 19.1. The summed E-state index contributed by atoms with van der Waals surface area (Å²) in [6, 6.07) is 17.7. The second-order valence-corrected chi connectivity index (χ2v) is 6.95. The molecule has 134 valence electrons. The van der Waals surface area contributed by atoms with Gasteiger partial charge in [-0.2, -0.15) is 0 Å². The van der Waals surface area contributed by atoms with E-state index < -0.39 is 0 Å². The van der Waals surface area contributed by atoms with E-state index in [0.29, 0.717) is 13.1 Å². The summed E-state index contributed by atoms with van der Waals surface area (Å²) in [6.45, 7) is 1.30. The number of benzene rings is 2. The maximum Gasteiger partial charge on any atom is 0.252 e. The van der Waals surface area contributed by atoms with Crippen LogP contribution in [0.5, 0.6) is 5.75 Å². The average molecular weight is 366 g/mol. The molecule has 1 heterocycles. The molecule has 1 saturated heterocycles. The van der Waals surface area contributed by atoms with Crippen LogP contribution in [-0.2, 0) is 11.3 Å². The normalized spacial score (nSPS) is 16.2. The fourth-order valence-electron chi connectivity index (χ4n) is 2.64. The number of nitrogens with zero attached hydrogens (tertiary/aromatic N) is 2. The van der Waals surface area contributed by atoms with Gasteiger partial charge in [-0.1, -0.05) is 54.2 Å². The van der Waals surface area contributed by atoms with Crippen LogP contribution >= 0.6 is 11.8 Å². The van der Waals surface area contributed by atoms with Crippen molar-refractivity contribution in [1.29, 1.82) is 0 Å². The zero-order valence-electron chi connectivity index (χ0n) is 14.8. The number of carbonyl (C=O) groups excluding carboxylic acids is 1. The van der Waals surface area contributed by atoms with E-state index in [-0.39, 0.29) is 5.91 Å². The molecule has 0 aliphatic carbocycles. The van der Waals surface area contributed by atoms with Crippen molar-refractivity contribution < 1.29 is 9.53 Å². The predicted molar refractivity (Wildman–Crippen MR) is 108 cm³/mol. The van der Waals surface area contributed by atoms with Crippen LogP contribution < -0.4 is 4.74 Å². The van der Waals surface area contributed by atoms with Gasteiger partial charge >= 0.3 is 0 Å². The molecule has 2 aromatic carbocycles. The maximum absolute atomic E-state index is 12.7. The minimum Gasteiger partial charge on any atom is -0.497 e. The number of amidine groups is 1. The van der Waals surface area contributed by atoms with Gasteiger partial charge < -0.3 is 4.74 Å². The lowest BCUT2D eigenvalue weighted by Crippen LogP contribution is -2.38. The zero-order valence-corrected chi connectivity index (χ0v) is 15.6. The SMILES string of the molecule is COc1cccc(C=CC(=O)N2CCCSC2=NCc2ccccc2)c1. The molecule has 0 aromatic heterocycles. The van der Waals surface area contributed by atoms with E-state index in [1.807, 2.05) is 60.7 Å². The smallest absolute Gasteiger partial charge is 0.252 e. The number of hydrogen-bond acceptors (Lipinski definition) is 4. The lowest BCUT2D eigenvalue weighted by molar-refractivity contribution is -0.122. The van der Waals surface area contributed by atoms with Gasteiger partial charge in [0.05, 0.1) is 13.7 Å². The first-order valence-corrected chi connectivity index (χ1v) is 9.59. The number of amides is 1. The molecule has 1 amide bonds. The first kappa shape index (κ1) is 18.3. The van der Waals surface area contributed by atoms with Gasteiger partial charge in [-0.15, -0.1) is 0 Å². The first-order valence-electron chi connectivity index (χ1n) is 8.61. The Hall–Kier alpha value is -2.53. The largest absolute Gasteiger partial charge is 0.497 e. The van der Waals surface area contributed by atoms with Crippen molar-refractivity contribution in [3.63, 3.8) is 0 Å². The predicted octanol–water partition coefficient (Wildman–Crippen LogP) is 4.23. The summed E-state index contributed by atoms with van der Waals surface area (Å²) in [5.74, 6) is 1.74. The Balaban J connectivity index is 1.70. The topological polar surface area (TPSA) is 41.9 Å². The number of rotatable bonds is 5. The number of hydrogen-bond donors (Lipinski definition) is 0. The fourth-order valence-corrected chi connectivity index (χ4v) is 3.59. The monoisotopic (exact) mass is 366 g/mol. The van der Waals surface area contributed by atoms with Crippen LogP contribution in [0.2, 0.25) is 0 Å². The molecule has 1 aliphatic rings. The molecule has 5 heteroatoms. The number of thioether (sulfide) groups is 1. The van der Waals surface area contributed by atoms with Crippen molar-refractivity contribution in [3.05, 3.63) is 71.8 Å². The lowest BCUT2D eigenvalue weighted by Gasteiger charge is -2.26. The summed E-state index contributed by atoms with van der Waals surface area (Å²) in [5.41, 5.74) is 2.08. The molecule has 0 saturated carbocycles. The molecule has 0 radical (unpaired) electrons. The van der Waals surface area contributed by atoms with Gasteiger partial charge in [0.1, 0.15) is 5.75 Å². The van der Waals surface area contributed by atoms with Crippen LogP contribution in [0, 0.1) is 0 Å². The Morgan fingerprint density at radius 2 is 2.08 bits per heavy atom. The molecule has 1 fully saturated rings. The van der Waals surface area contributed by atoms with Crippen molar-refractivity contribution in [1.82, 2.24) is 4.90 Å². The Morgan fingerprint density at radius 3 is 2.88 bits per heavy atom. The van der Waals surface area contributed by atoms with Crippen LogP contribution in [-0.4, -0.2) is 35.4 Å². The number of methoxy groups -OCH3 is 1. The van der Waals surface area contributed by atoms with Crippen LogP contribution in [0.4, 0.5) is 0 Å². The van der Waals surface area contributed by atoms with Crippen molar-refractivity contribution in [2.45, 2.75) is 13.0 Å². The molecule has 0 atom stereocenters. The molecule has 26 heavy (non-hydrogen) atoms. The zero-order chi connectivity index (χ0) is 18.2. The third-order valence-corrected chi connectivity index (χ3v) is 5.11. The van der Waals surface area contributed by atoms with E-state index in [0.717, 1.165) is 34.2 Å². The molecule has 1 aliphatic heterocycles. The minimum absolute atomic E-state index is 0.0353. The summed E-state index contributed by atoms with van der Waals surface area (Å²) in [6.07, 6.45) is 4.41. The number of carbonyl (C=O) groups is 1. The van der Waals surface area contributed by atoms with Gasteiger partial charge in [-0.25, -0.2) is 0 Å². The van der Waals surface area contributed by atoms with Gasteiger partial charge in [0.25, 0.3) is 5.91 Å². The molecule has 3 rings (SSSR count). The van der Waals surface area contributed by atoms with Crippen molar-refractivity contribution in [2.75, 3.05) is 19.4 Å². The van der Waals surface area contributed by atoms with Crippen molar-refractivity contribution >= 4 is 28.9 Å². The summed E-state index contributed by atoms with van der Waals surface area (Å²) >= 11 is 1.65. The van der Waals surface area contributed by atoms with Crippen molar-refractivity contribution in [2.24, 2.45) is 4.99 Å². The molecule has 0 unspecified atom stereocenters. The Bertz CT molecular complexity index is 803. The molecule has 2 aromatic rings. The second-order valence-electron chi connectivity index (χ2n) is 5.89. The van der Waals surface area contributed by atoms with Gasteiger partial charge in [-0.3, -0.25) is 14.7 Å². The van der Waals surface area contributed by atoms with Gasteiger partial charge in [-0.05, 0) is 35.8 Å². The Morgan fingerprint density at radius 1 is 1.23 bits per heavy atom. The highest BCUT2D eigenvalue weighted by molar-refractivity contribution is 8.13. The highest BCUT2D eigenvalue weighted by Gasteiger charge is 2.21. The van der Waals surface area contributed by atoms with E-state index in [1.54, 1.807) is 29.8 Å². The van der Waals surface area contributed by atoms with Gasteiger partial charge in [0.15, 0.2) is 5.17 Å². The summed E-state index contributed by atoms with van der Waals surface area (Å²) in [5, 5.41) is 0.806. The fraction of sp³-hybridized carbons (Fsp3) is 0.238. The number of ether oxygens (including phenoxy) is 1. The maximum atomic E-state index is 12.7. The van der Waals surface area contributed by atoms with Crippen LogP contribution in [0.15, 0.2) is 65.7 Å². The Kier molecular flexibility index (Phi) is 6.50. The van der Waals surface area contributed by atoms with Crippen LogP contribution in [0.3, 0.4) is 0 Å². The summed E-state index contributed by atoms with van der Waals surface area (Å²) < 4.78 is 5.22. The third-order valence-electron chi connectivity index (χ3n) is 4.01. The number of aliphatic imine (C=N–C) groups is 1. The molecular formula is C21H22N2O2S. The van der Waals surface area contributed by atoms with Crippen LogP contribution in [0.25, 0.3) is 6.08 Å². The quantitative estimate of drug-likeness (QED) is 0.744. The second kappa shape index (κ2) is 9.25. The van der Waals surface area contributed by atoms with E-state index in [1.165, 1.54) is 0 Å². The first-order chi connectivity index (χ1) is 12.8. The molecule has 0 bridgehead atoms. The van der Waals surface area contributed by atoms with Gasteiger partial charge in [0, 0.05) is 18.4 Å². The Labute approximate surface area is 158 Å². The van der Waals surface area contributed by atoms with E-state index >= 15 is 0 Å². The van der Waals surface area contributed by atoms with Crippen LogP contribution in [0.1, 0.15) is 17.5 Å². The highest BCUT2D eigenvalue weighted by atomic mass is 32.2. The van der Waals surface area contributed by atoms with E-state index in [2.05, 4.69) is 4.99 Å².